The van der Waals surface area contributed by atoms with E-state index in [9.17, 15) is 9.90 Å². The molecule has 0 unspecified atom stereocenters. The molecular weight excluding hydrogens is 416 g/mol. The zero-order valence-electron chi connectivity index (χ0n) is 17.2. The number of thioether (sulfide) groups is 1. The van der Waals surface area contributed by atoms with Crippen LogP contribution in [0.2, 0.25) is 0 Å². The molecule has 0 aliphatic carbocycles. The standard InChI is InChI=1S/C23H22N2O3S2/c1-12-19(29)25-20(12)30-22(3,4)23(25,21(26)27)17-13(2)28-24-18(17)16-11-7-9-14-8-5-6-10-15(14)16/h5-12,20H,1-4H3,(H,26,27)/t12-,20-,23+/m1/s1. The van der Waals surface area contributed by atoms with Crippen LogP contribution in [0, 0.1) is 12.8 Å². The Labute approximate surface area is 184 Å². The number of nitrogens with zero attached hydrogens (tertiary/aromatic N) is 2. The van der Waals surface area contributed by atoms with E-state index in [1.807, 2.05) is 61.2 Å². The van der Waals surface area contributed by atoms with Gasteiger partial charge in [0, 0.05) is 11.5 Å². The number of aliphatic carboxylic acids is 1. The van der Waals surface area contributed by atoms with E-state index >= 15 is 0 Å². The minimum atomic E-state index is -1.36. The number of aryl methyl sites for hydroxylation is 1. The molecule has 30 heavy (non-hydrogen) atoms. The van der Waals surface area contributed by atoms with Crippen molar-refractivity contribution in [3.05, 3.63) is 53.8 Å². The van der Waals surface area contributed by atoms with Crippen LogP contribution in [0.5, 0.6) is 0 Å². The second-order valence-corrected chi connectivity index (χ2v) is 10.7. The minimum Gasteiger partial charge on any atom is -0.479 e. The van der Waals surface area contributed by atoms with Gasteiger partial charge >= 0.3 is 5.97 Å². The van der Waals surface area contributed by atoms with Crippen LogP contribution in [-0.4, -0.2) is 36.2 Å². The fourth-order valence-electron chi connectivity index (χ4n) is 5.10. The smallest absolute Gasteiger partial charge is 0.336 e. The Morgan fingerprint density at radius 2 is 1.93 bits per heavy atom. The Morgan fingerprint density at radius 3 is 2.67 bits per heavy atom. The molecule has 0 amide bonds. The lowest BCUT2D eigenvalue weighted by molar-refractivity contribution is -0.152. The second-order valence-electron chi connectivity index (χ2n) is 8.52. The lowest BCUT2D eigenvalue weighted by atomic mass is 9.73. The Hall–Kier alpha value is -2.38. The number of carboxylic acid groups (broad SMARTS) is 1. The van der Waals surface area contributed by atoms with Crippen molar-refractivity contribution in [3.63, 3.8) is 0 Å². The number of thiocarbonyl (C=S) groups is 1. The molecule has 5 rings (SSSR count). The van der Waals surface area contributed by atoms with Crippen molar-refractivity contribution in [3.8, 4) is 11.3 Å². The Bertz CT molecular complexity index is 1210. The van der Waals surface area contributed by atoms with Gasteiger partial charge in [-0.05, 0) is 31.5 Å². The summed E-state index contributed by atoms with van der Waals surface area (Å²) in [6, 6.07) is 14.0. The molecule has 2 aliphatic heterocycles. The van der Waals surface area contributed by atoms with Crippen LogP contribution in [0.15, 0.2) is 47.0 Å². The number of carbonyl (C=O) groups is 1. The van der Waals surface area contributed by atoms with Gasteiger partial charge in [0.1, 0.15) is 11.5 Å². The van der Waals surface area contributed by atoms with Crippen molar-refractivity contribution < 1.29 is 14.4 Å². The van der Waals surface area contributed by atoms with Gasteiger partial charge in [-0.3, -0.25) is 0 Å². The first kappa shape index (κ1) is 19.6. The SMILES string of the molecule is Cc1onc(-c2cccc3ccccc23)c1[C@@]1(C(=O)O)N2C(=S)[C@@H](C)[C@H]2SC1(C)C. The monoisotopic (exact) mass is 438 g/mol. The summed E-state index contributed by atoms with van der Waals surface area (Å²) in [6.07, 6.45) is 0. The van der Waals surface area contributed by atoms with Crippen LogP contribution >= 0.6 is 24.0 Å². The highest BCUT2D eigenvalue weighted by molar-refractivity contribution is 8.01. The highest BCUT2D eigenvalue weighted by Gasteiger charge is 2.72. The molecule has 3 atom stereocenters. The van der Waals surface area contributed by atoms with Gasteiger partial charge in [-0.15, -0.1) is 11.8 Å². The molecule has 2 aromatic carbocycles. The largest absolute Gasteiger partial charge is 0.479 e. The summed E-state index contributed by atoms with van der Waals surface area (Å²) in [4.78, 5) is 15.7. The van der Waals surface area contributed by atoms with E-state index in [-0.39, 0.29) is 11.3 Å². The normalized spacial score (nSPS) is 27.2. The number of fused-ring (bicyclic) bond motifs is 2. The van der Waals surface area contributed by atoms with E-state index in [1.54, 1.807) is 18.7 Å². The topological polar surface area (TPSA) is 66.6 Å². The Kier molecular flexibility index (Phi) is 4.12. The maximum atomic E-state index is 13.1. The lowest BCUT2D eigenvalue weighted by Crippen LogP contribution is -2.67. The molecule has 3 aromatic rings. The third kappa shape index (κ3) is 2.22. The summed E-state index contributed by atoms with van der Waals surface area (Å²) in [6.45, 7) is 7.83. The molecular formula is C23H22N2O3S2. The number of carboxylic acids is 1. The predicted molar refractivity (Wildman–Crippen MR) is 123 cm³/mol. The van der Waals surface area contributed by atoms with Gasteiger partial charge in [0.05, 0.1) is 20.7 Å². The summed E-state index contributed by atoms with van der Waals surface area (Å²) in [5.41, 5.74) is 0.677. The van der Waals surface area contributed by atoms with E-state index in [1.165, 1.54) is 0 Å². The average Bonchev–Trinajstić information content (AvgIpc) is 3.20. The zero-order valence-corrected chi connectivity index (χ0v) is 18.8. The second kappa shape index (κ2) is 6.31. The van der Waals surface area contributed by atoms with Crippen molar-refractivity contribution >= 4 is 45.7 Å². The van der Waals surface area contributed by atoms with E-state index in [0.717, 1.165) is 16.3 Å². The molecule has 1 N–H and O–H groups in total. The van der Waals surface area contributed by atoms with Crippen molar-refractivity contribution in [2.75, 3.05) is 0 Å². The summed E-state index contributed by atoms with van der Waals surface area (Å²) >= 11 is 7.33. The first-order chi connectivity index (χ1) is 14.2. The lowest BCUT2D eigenvalue weighted by Gasteiger charge is -2.51. The van der Waals surface area contributed by atoms with Gasteiger partial charge in [0.2, 0.25) is 0 Å². The van der Waals surface area contributed by atoms with Gasteiger partial charge < -0.3 is 14.5 Å². The van der Waals surface area contributed by atoms with Crippen molar-refractivity contribution in [2.24, 2.45) is 5.92 Å². The van der Waals surface area contributed by atoms with E-state index < -0.39 is 16.3 Å². The quantitative estimate of drug-likeness (QED) is 0.563. The number of hydrogen-bond donors (Lipinski definition) is 1. The first-order valence-corrected chi connectivity index (χ1v) is 11.2. The van der Waals surface area contributed by atoms with Gasteiger partial charge in [0.25, 0.3) is 0 Å². The Morgan fingerprint density at radius 1 is 1.23 bits per heavy atom. The molecule has 5 nitrogen and oxygen atoms in total. The predicted octanol–water partition coefficient (Wildman–Crippen LogP) is 5.21. The molecule has 0 radical (unpaired) electrons. The summed E-state index contributed by atoms with van der Waals surface area (Å²) in [5, 5.41) is 17.2. The highest BCUT2D eigenvalue weighted by Crippen LogP contribution is 2.64. The van der Waals surface area contributed by atoms with Crippen molar-refractivity contribution in [2.45, 2.75) is 43.4 Å². The maximum absolute atomic E-state index is 13.1. The first-order valence-electron chi connectivity index (χ1n) is 9.91. The molecule has 154 valence electrons. The highest BCUT2D eigenvalue weighted by atomic mass is 32.2. The van der Waals surface area contributed by atoms with Crippen LogP contribution in [0.3, 0.4) is 0 Å². The maximum Gasteiger partial charge on any atom is 0.336 e. The average molecular weight is 439 g/mol. The number of aromatic nitrogens is 1. The fraction of sp³-hybridized carbons (Fsp3) is 0.348. The molecule has 7 heteroatoms. The van der Waals surface area contributed by atoms with Crippen LogP contribution < -0.4 is 0 Å². The van der Waals surface area contributed by atoms with Crippen LogP contribution in [0.1, 0.15) is 32.1 Å². The third-order valence-corrected chi connectivity index (χ3v) is 8.85. The summed E-state index contributed by atoms with van der Waals surface area (Å²) in [5.74, 6) is -0.256. The van der Waals surface area contributed by atoms with Crippen LogP contribution in [0.25, 0.3) is 22.0 Å². The summed E-state index contributed by atoms with van der Waals surface area (Å²) in [7, 11) is 0. The molecule has 2 aliphatic rings. The molecule has 2 saturated heterocycles. The van der Waals surface area contributed by atoms with E-state index in [4.69, 9.17) is 16.7 Å². The van der Waals surface area contributed by atoms with E-state index in [0.29, 0.717) is 22.0 Å². The zero-order chi connectivity index (χ0) is 21.4. The Balaban J connectivity index is 1.84. The number of hydrogen-bond acceptors (Lipinski definition) is 5. The minimum absolute atomic E-state index is 0.0262. The van der Waals surface area contributed by atoms with Crippen molar-refractivity contribution in [1.82, 2.24) is 10.1 Å². The van der Waals surface area contributed by atoms with Gasteiger partial charge in [-0.1, -0.05) is 66.8 Å². The van der Waals surface area contributed by atoms with Gasteiger partial charge in [-0.25, -0.2) is 4.79 Å². The third-order valence-electron chi connectivity index (χ3n) is 6.54. The molecule has 3 heterocycles. The van der Waals surface area contributed by atoms with Crippen molar-refractivity contribution in [1.29, 1.82) is 0 Å². The van der Waals surface area contributed by atoms with Crippen LogP contribution in [-0.2, 0) is 10.3 Å². The molecule has 0 saturated carbocycles. The van der Waals surface area contributed by atoms with Gasteiger partial charge in [-0.2, -0.15) is 0 Å². The molecule has 0 bridgehead atoms. The molecule has 0 spiro atoms. The fourth-order valence-corrected chi connectivity index (χ4v) is 7.40. The molecule has 2 fully saturated rings. The van der Waals surface area contributed by atoms with Crippen LogP contribution in [0.4, 0.5) is 0 Å². The van der Waals surface area contributed by atoms with E-state index in [2.05, 4.69) is 12.1 Å². The number of rotatable bonds is 3. The molecule has 1 aromatic heterocycles. The summed E-state index contributed by atoms with van der Waals surface area (Å²) < 4.78 is 5.01. The number of benzene rings is 2. The van der Waals surface area contributed by atoms with Gasteiger partial charge in [0.15, 0.2) is 5.54 Å².